The van der Waals surface area contributed by atoms with E-state index in [0.717, 1.165) is 10.0 Å². The van der Waals surface area contributed by atoms with Gasteiger partial charge >= 0.3 is 6.36 Å². The average molecular weight is 361 g/mol. The first-order valence-electron chi connectivity index (χ1n) is 6.06. The maximum Gasteiger partial charge on any atom is 0.573 e. The third kappa shape index (κ3) is 4.22. The molecule has 1 N–H and O–H groups in total. The molecule has 2 aromatic rings. The molecular formula is C15H12BrF3O2. The standard InChI is InChI=1S/C15H12BrF3O2/c1-9-6-10(8-11(16)7-9)14(20)12-4-2-3-5-13(12)21-15(17,18)19/h2-8,14,20H,1H3. The van der Waals surface area contributed by atoms with Crippen LogP contribution in [0.1, 0.15) is 22.8 Å². The Hall–Kier alpha value is -1.53. The molecule has 2 nitrogen and oxygen atoms in total. The van der Waals surface area contributed by atoms with Crippen molar-refractivity contribution in [3.05, 3.63) is 63.6 Å². The number of aryl methyl sites for hydroxylation is 1. The van der Waals surface area contributed by atoms with E-state index in [1.54, 1.807) is 18.2 Å². The topological polar surface area (TPSA) is 29.5 Å². The fourth-order valence-electron chi connectivity index (χ4n) is 2.03. The molecule has 0 saturated heterocycles. The zero-order chi connectivity index (χ0) is 15.6. The van der Waals surface area contributed by atoms with E-state index in [9.17, 15) is 18.3 Å². The molecule has 0 bridgehead atoms. The van der Waals surface area contributed by atoms with Crippen LogP contribution in [-0.2, 0) is 0 Å². The molecule has 0 aliphatic heterocycles. The highest BCUT2D eigenvalue weighted by Gasteiger charge is 2.33. The number of aliphatic hydroxyl groups is 1. The third-order valence-electron chi connectivity index (χ3n) is 2.82. The lowest BCUT2D eigenvalue weighted by molar-refractivity contribution is -0.275. The van der Waals surface area contributed by atoms with E-state index < -0.39 is 18.2 Å². The maximum atomic E-state index is 12.4. The number of hydrogen-bond donors (Lipinski definition) is 1. The summed E-state index contributed by atoms with van der Waals surface area (Å²) in [5.74, 6) is -0.407. The monoisotopic (exact) mass is 360 g/mol. The van der Waals surface area contributed by atoms with Crippen LogP contribution in [0.2, 0.25) is 0 Å². The van der Waals surface area contributed by atoms with Crippen LogP contribution in [-0.4, -0.2) is 11.5 Å². The molecule has 1 atom stereocenters. The Morgan fingerprint density at radius 3 is 2.43 bits per heavy atom. The highest BCUT2D eigenvalue weighted by Crippen LogP contribution is 2.34. The summed E-state index contributed by atoms with van der Waals surface area (Å²) in [5.41, 5.74) is 1.43. The van der Waals surface area contributed by atoms with Crippen molar-refractivity contribution in [2.24, 2.45) is 0 Å². The maximum absolute atomic E-state index is 12.4. The third-order valence-corrected chi connectivity index (χ3v) is 3.28. The van der Waals surface area contributed by atoms with Crippen LogP contribution in [0.25, 0.3) is 0 Å². The fourth-order valence-corrected chi connectivity index (χ4v) is 2.65. The minimum atomic E-state index is -4.80. The van der Waals surface area contributed by atoms with E-state index in [1.165, 1.54) is 18.2 Å². The zero-order valence-corrected chi connectivity index (χ0v) is 12.6. The van der Waals surface area contributed by atoms with E-state index in [1.807, 2.05) is 13.0 Å². The Morgan fingerprint density at radius 2 is 1.81 bits per heavy atom. The van der Waals surface area contributed by atoms with Crippen LogP contribution in [0.4, 0.5) is 13.2 Å². The van der Waals surface area contributed by atoms with E-state index in [4.69, 9.17) is 0 Å². The SMILES string of the molecule is Cc1cc(Br)cc(C(O)c2ccccc2OC(F)(F)F)c1. The zero-order valence-electron chi connectivity index (χ0n) is 11.0. The van der Waals surface area contributed by atoms with E-state index >= 15 is 0 Å². The Morgan fingerprint density at radius 1 is 1.14 bits per heavy atom. The summed E-state index contributed by atoms with van der Waals surface area (Å²) in [5, 5.41) is 10.4. The summed E-state index contributed by atoms with van der Waals surface area (Å²) in [6.45, 7) is 1.83. The highest BCUT2D eigenvalue weighted by atomic mass is 79.9. The Balaban J connectivity index is 2.41. The lowest BCUT2D eigenvalue weighted by Crippen LogP contribution is -2.18. The van der Waals surface area contributed by atoms with E-state index in [0.29, 0.717) is 5.56 Å². The number of benzene rings is 2. The summed E-state index contributed by atoms with van der Waals surface area (Å²) >= 11 is 3.30. The second-order valence-corrected chi connectivity index (χ2v) is 5.47. The van der Waals surface area contributed by atoms with E-state index in [2.05, 4.69) is 20.7 Å². The van der Waals surface area contributed by atoms with Gasteiger partial charge in [-0.25, -0.2) is 0 Å². The summed E-state index contributed by atoms with van der Waals surface area (Å²) in [4.78, 5) is 0. The summed E-state index contributed by atoms with van der Waals surface area (Å²) in [6, 6.07) is 10.8. The average Bonchev–Trinajstić information content (AvgIpc) is 2.35. The molecule has 0 radical (unpaired) electrons. The molecule has 1 unspecified atom stereocenters. The molecular weight excluding hydrogens is 349 g/mol. The van der Waals surface area contributed by atoms with Gasteiger partial charge in [0.2, 0.25) is 0 Å². The summed E-state index contributed by atoms with van der Waals surface area (Å²) in [7, 11) is 0. The molecule has 0 fully saturated rings. The van der Waals surface area contributed by atoms with Crippen LogP contribution in [0.15, 0.2) is 46.9 Å². The number of rotatable bonds is 3. The van der Waals surface area contributed by atoms with Crippen LogP contribution in [0.5, 0.6) is 5.75 Å². The van der Waals surface area contributed by atoms with Gasteiger partial charge in [-0.15, -0.1) is 13.2 Å². The molecule has 0 amide bonds. The molecule has 0 heterocycles. The number of alkyl halides is 3. The van der Waals surface area contributed by atoms with Crippen LogP contribution in [0, 0.1) is 6.92 Å². The second kappa shape index (κ2) is 6.07. The summed E-state index contributed by atoms with van der Waals surface area (Å²) in [6.07, 6.45) is -6.01. The largest absolute Gasteiger partial charge is 0.573 e. The van der Waals surface area contributed by atoms with Crippen molar-refractivity contribution in [1.82, 2.24) is 0 Å². The first-order valence-corrected chi connectivity index (χ1v) is 6.85. The molecule has 0 saturated carbocycles. The van der Waals surface area contributed by atoms with Gasteiger partial charge in [0.05, 0.1) is 0 Å². The van der Waals surface area contributed by atoms with Gasteiger partial charge in [-0.1, -0.05) is 40.2 Å². The minimum absolute atomic E-state index is 0.0623. The molecule has 0 aliphatic rings. The molecule has 0 aromatic heterocycles. The molecule has 0 aliphatic carbocycles. The Kier molecular flexibility index (Phi) is 4.58. The first kappa shape index (κ1) is 15.9. The molecule has 112 valence electrons. The van der Waals surface area contributed by atoms with E-state index in [-0.39, 0.29) is 5.56 Å². The lowest BCUT2D eigenvalue weighted by atomic mass is 9.99. The minimum Gasteiger partial charge on any atom is -0.405 e. The quantitative estimate of drug-likeness (QED) is 0.856. The van der Waals surface area contributed by atoms with Crippen molar-refractivity contribution in [3.8, 4) is 5.75 Å². The Labute approximate surface area is 128 Å². The fraction of sp³-hybridized carbons (Fsp3) is 0.200. The number of ether oxygens (including phenoxy) is 1. The van der Waals surface area contributed by atoms with Gasteiger partial charge in [-0.05, 0) is 36.2 Å². The molecule has 6 heteroatoms. The van der Waals surface area contributed by atoms with Gasteiger partial charge in [0.15, 0.2) is 0 Å². The van der Waals surface area contributed by atoms with Crippen LogP contribution in [0.3, 0.4) is 0 Å². The second-order valence-electron chi connectivity index (χ2n) is 4.55. The van der Waals surface area contributed by atoms with Gasteiger partial charge in [-0.2, -0.15) is 0 Å². The predicted molar refractivity (Wildman–Crippen MR) is 76.1 cm³/mol. The lowest BCUT2D eigenvalue weighted by Gasteiger charge is -2.18. The number of aliphatic hydroxyl groups excluding tert-OH is 1. The number of halogens is 4. The van der Waals surface area contributed by atoms with Gasteiger partial charge < -0.3 is 9.84 Å². The first-order chi connectivity index (χ1) is 9.76. The molecule has 2 rings (SSSR count). The van der Waals surface area contributed by atoms with Gasteiger partial charge in [0.25, 0.3) is 0 Å². The molecule has 21 heavy (non-hydrogen) atoms. The van der Waals surface area contributed by atoms with Gasteiger partial charge in [-0.3, -0.25) is 0 Å². The van der Waals surface area contributed by atoms with Crippen molar-refractivity contribution in [2.75, 3.05) is 0 Å². The van der Waals surface area contributed by atoms with Crippen molar-refractivity contribution in [1.29, 1.82) is 0 Å². The number of para-hydroxylation sites is 1. The van der Waals surface area contributed by atoms with Gasteiger partial charge in [0.1, 0.15) is 11.9 Å². The Bertz CT molecular complexity index is 621. The predicted octanol–water partition coefficient (Wildman–Crippen LogP) is 4.74. The van der Waals surface area contributed by atoms with Gasteiger partial charge in [0, 0.05) is 10.0 Å². The van der Waals surface area contributed by atoms with Crippen molar-refractivity contribution in [2.45, 2.75) is 19.4 Å². The van der Waals surface area contributed by atoms with Crippen molar-refractivity contribution in [3.63, 3.8) is 0 Å². The smallest absolute Gasteiger partial charge is 0.405 e. The summed E-state index contributed by atoms with van der Waals surface area (Å²) < 4.78 is 41.9. The molecule has 0 spiro atoms. The highest BCUT2D eigenvalue weighted by molar-refractivity contribution is 9.10. The van der Waals surface area contributed by atoms with Crippen molar-refractivity contribution < 1.29 is 23.0 Å². The van der Waals surface area contributed by atoms with Crippen LogP contribution >= 0.6 is 15.9 Å². The van der Waals surface area contributed by atoms with Crippen LogP contribution < -0.4 is 4.74 Å². The number of hydrogen-bond acceptors (Lipinski definition) is 2. The molecule has 2 aromatic carbocycles. The van der Waals surface area contributed by atoms with Crippen molar-refractivity contribution >= 4 is 15.9 Å². The normalized spacial score (nSPS) is 13.0.